The highest BCUT2D eigenvalue weighted by atomic mass is 16.4. The van der Waals surface area contributed by atoms with Crippen molar-refractivity contribution in [3.05, 3.63) is 0 Å². The Hall–Kier alpha value is -1.10. The summed E-state index contributed by atoms with van der Waals surface area (Å²) in [5.74, 6) is -0.966. The molecule has 16 heavy (non-hydrogen) atoms. The number of rotatable bonds is 5. The van der Waals surface area contributed by atoms with Crippen LogP contribution in [-0.4, -0.2) is 47.6 Å². The maximum absolute atomic E-state index is 12.1. The van der Waals surface area contributed by atoms with Crippen LogP contribution in [0.2, 0.25) is 0 Å². The van der Waals surface area contributed by atoms with Gasteiger partial charge in [-0.3, -0.25) is 4.79 Å². The Labute approximate surface area is 95.8 Å². The lowest BCUT2D eigenvalue weighted by Gasteiger charge is -2.26. The van der Waals surface area contributed by atoms with Crippen molar-refractivity contribution in [3.8, 4) is 0 Å². The number of nitrogens with zero attached hydrogens (tertiary/aromatic N) is 1. The van der Waals surface area contributed by atoms with E-state index in [0.29, 0.717) is 13.0 Å². The lowest BCUT2D eigenvalue weighted by molar-refractivity contribution is -0.149. The third-order valence-corrected chi connectivity index (χ3v) is 3.04. The third-order valence-electron chi connectivity index (χ3n) is 3.04. The van der Waals surface area contributed by atoms with Crippen LogP contribution in [0.1, 0.15) is 32.6 Å². The maximum atomic E-state index is 12.1. The molecule has 0 bridgehead atoms. The molecule has 1 aliphatic rings. The van der Waals surface area contributed by atoms with Crippen molar-refractivity contribution in [1.29, 1.82) is 0 Å². The van der Waals surface area contributed by atoms with Crippen molar-refractivity contribution in [2.75, 3.05) is 13.6 Å². The third kappa shape index (κ3) is 2.72. The van der Waals surface area contributed by atoms with E-state index in [9.17, 15) is 9.59 Å². The number of likely N-dealkylation sites (N-methyl/N-ethyl adjacent to an activating group) is 1. The first-order chi connectivity index (χ1) is 7.61. The van der Waals surface area contributed by atoms with Crippen LogP contribution in [0.4, 0.5) is 0 Å². The molecule has 1 saturated heterocycles. The maximum Gasteiger partial charge on any atom is 0.326 e. The first kappa shape index (κ1) is 13.0. The average Bonchev–Trinajstić information content (AvgIpc) is 2.73. The standard InChI is InChI=1S/C11H20N2O3/c1-3-5-8(12-2)10(14)13-7-4-6-9(13)11(15)16/h8-9,12H,3-7H2,1-2H3,(H,15,16)/t8?,9-/m0/s1. The van der Waals surface area contributed by atoms with Crippen molar-refractivity contribution in [2.45, 2.75) is 44.7 Å². The summed E-state index contributed by atoms with van der Waals surface area (Å²) in [5.41, 5.74) is 0. The summed E-state index contributed by atoms with van der Waals surface area (Å²) >= 11 is 0. The number of likely N-dealkylation sites (tertiary alicyclic amines) is 1. The molecule has 0 spiro atoms. The van der Waals surface area contributed by atoms with Gasteiger partial charge in [0.1, 0.15) is 6.04 Å². The predicted molar refractivity (Wildman–Crippen MR) is 60.1 cm³/mol. The van der Waals surface area contributed by atoms with Crippen LogP contribution in [0.15, 0.2) is 0 Å². The summed E-state index contributed by atoms with van der Waals surface area (Å²) in [5, 5.41) is 12.0. The highest BCUT2D eigenvalue weighted by molar-refractivity contribution is 5.87. The topological polar surface area (TPSA) is 69.6 Å². The summed E-state index contributed by atoms with van der Waals surface area (Å²) < 4.78 is 0. The van der Waals surface area contributed by atoms with Gasteiger partial charge in [0.05, 0.1) is 6.04 Å². The smallest absolute Gasteiger partial charge is 0.326 e. The predicted octanol–water partition coefficient (Wildman–Crippen LogP) is 0.450. The minimum atomic E-state index is -0.891. The summed E-state index contributed by atoms with van der Waals surface area (Å²) in [6.45, 7) is 2.58. The number of carboxylic acids is 1. The Morgan fingerprint density at radius 1 is 1.56 bits per heavy atom. The molecule has 1 heterocycles. The van der Waals surface area contributed by atoms with Crippen LogP contribution in [-0.2, 0) is 9.59 Å². The highest BCUT2D eigenvalue weighted by Crippen LogP contribution is 2.19. The van der Waals surface area contributed by atoms with E-state index in [2.05, 4.69) is 5.32 Å². The number of carbonyl (C=O) groups excluding carboxylic acids is 1. The van der Waals surface area contributed by atoms with Gasteiger partial charge < -0.3 is 15.3 Å². The number of amides is 1. The molecule has 2 atom stereocenters. The van der Waals surface area contributed by atoms with Gasteiger partial charge in [0.2, 0.25) is 5.91 Å². The lowest BCUT2D eigenvalue weighted by atomic mass is 10.1. The van der Waals surface area contributed by atoms with Gasteiger partial charge in [-0.15, -0.1) is 0 Å². The molecular weight excluding hydrogens is 208 g/mol. The van der Waals surface area contributed by atoms with E-state index in [1.807, 2.05) is 6.92 Å². The van der Waals surface area contributed by atoms with Crippen molar-refractivity contribution in [1.82, 2.24) is 10.2 Å². The zero-order valence-corrected chi connectivity index (χ0v) is 9.90. The zero-order valence-electron chi connectivity index (χ0n) is 9.90. The van der Waals surface area contributed by atoms with Gasteiger partial charge in [0.15, 0.2) is 0 Å². The van der Waals surface area contributed by atoms with E-state index < -0.39 is 12.0 Å². The number of hydrogen-bond donors (Lipinski definition) is 2. The number of carboxylic acid groups (broad SMARTS) is 1. The summed E-state index contributed by atoms with van der Waals surface area (Å²) in [6.07, 6.45) is 3.01. The molecule has 1 aliphatic heterocycles. The number of aliphatic carboxylic acids is 1. The van der Waals surface area contributed by atoms with Gasteiger partial charge >= 0.3 is 5.97 Å². The lowest BCUT2D eigenvalue weighted by Crippen LogP contribution is -2.49. The molecule has 0 radical (unpaired) electrons. The first-order valence-corrected chi connectivity index (χ1v) is 5.82. The monoisotopic (exact) mass is 228 g/mol. The van der Waals surface area contributed by atoms with Crippen molar-refractivity contribution in [3.63, 3.8) is 0 Å². The van der Waals surface area contributed by atoms with Crippen LogP contribution in [0.25, 0.3) is 0 Å². The Morgan fingerprint density at radius 3 is 2.75 bits per heavy atom. The fourth-order valence-electron chi connectivity index (χ4n) is 2.17. The second kappa shape index (κ2) is 5.84. The van der Waals surface area contributed by atoms with Gasteiger partial charge in [-0.2, -0.15) is 0 Å². The molecule has 1 fully saturated rings. The molecule has 0 aromatic carbocycles. The molecule has 5 heteroatoms. The minimum Gasteiger partial charge on any atom is -0.480 e. The van der Waals surface area contributed by atoms with Gasteiger partial charge in [-0.25, -0.2) is 4.79 Å². The summed E-state index contributed by atoms with van der Waals surface area (Å²) in [4.78, 5) is 24.6. The largest absolute Gasteiger partial charge is 0.480 e. The molecule has 92 valence electrons. The van der Waals surface area contributed by atoms with Crippen molar-refractivity contribution in [2.24, 2.45) is 0 Å². The molecule has 0 aromatic rings. The Balaban J connectivity index is 2.67. The van der Waals surface area contributed by atoms with E-state index in [0.717, 1.165) is 19.3 Å². The van der Waals surface area contributed by atoms with Crippen LogP contribution >= 0.6 is 0 Å². The second-order valence-electron chi connectivity index (χ2n) is 4.16. The van der Waals surface area contributed by atoms with Crippen LogP contribution in [0.3, 0.4) is 0 Å². The van der Waals surface area contributed by atoms with E-state index in [1.165, 1.54) is 4.90 Å². The van der Waals surface area contributed by atoms with Gasteiger partial charge in [-0.05, 0) is 26.3 Å². The minimum absolute atomic E-state index is 0.0748. The molecule has 0 aromatic heterocycles. The van der Waals surface area contributed by atoms with Gasteiger partial charge in [0, 0.05) is 6.54 Å². The normalized spacial score (nSPS) is 22.1. The molecule has 5 nitrogen and oxygen atoms in total. The molecule has 1 amide bonds. The van der Waals surface area contributed by atoms with Crippen molar-refractivity contribution >= 4 is 11.9 Å². The molecule has 0 saturated carbocycles. The van der Waals surface area contributed by atoms with Crippen molar-refractivity contribution < 1.29 is 14.7 Å². The molecule has 1 rings (SSSR count). The average molecular weight is 228 g/mol. The fraction of sp³-hybridized carbons (Fsp3) is 0.818. The van der Waals surface area contributed by atoms with E-state index in [-0.39, 0.29) is 11.9 Å². The van der Waals surface area contributed by atoms with E-state index in [1.54, 1.807) is 7.05 Å². The second-order valence-corrected chi connectivity index (χ2v) is 4.16. The molecular formula is C11H20N2O3. The van der Waals surface area contributed by atoms with Gasteiger partial charge in [-0.1, -0.05) is 13.3 Å². The Bertz CT molecular complexity index is 268. The SMILES string of the molecule is CCCC(NC)C(=O)N1CCC[C@H]1C(=O)O. The molecule has 0 aliphatic carbocycles. The van der Waals surface area contributed by atoms with E-state index >= 15 is 0 Å². The fourth-order valence-corrected chi connectivity index (χ4v) is 2.17. The molecule has 2 N–H and O–H groups in total. The summed E-state index contributed by atoms with van der Waals surface area (Å²) in [6, 6.07) is -0.870. The number of hydrogen-bond acceptors (Lipinski definition) is 3. The quantitative estimate of drug-likeness (QED) is 0.717. The Kier molecular flexibility index (Phi) is 4.73. The van der Waals surface area contributed by atoms with Crippen LogP contribution < -0.4 is 5.32 Å². The number of carbonyl (C=O) groups is 2. The highest BCUT2D eigenvalue weighted by Gasteiger charge is 2.36. The number of nitrogens with one attached hydrogen (secondary N) is 1. The zero-order chi connectivity index (χ0) is 12.1. The van der Waals surface area contributed by atoms with E-state index in [4.69, 9.17) is 5.11 Å². The Morgan fingerprint density at radius 2 is 2.25 bits per heavy atom. The molecule has 1 unspecified atom stereocenters. The summed E-state index contributed by atoms with van der Waals surface area (Å²) in [7, 11) is 1.74. The van der Waals surface area contributed by atoms with Crippen LogP contribution in [0.5, 0.6) is 0 Å². The van der Waals surface area contributed by atoms with Gasteiger partial charge in [0.25, 0.3) is 0 Å². The first-order valence-electron chi connectivity index (χ1n) is 5.82. The van der Waals surface area contributed by atoms with Crippen LogP contribution in [0, 0.1) is 0 Å².